The average Bonchev–Trinajstić information content (AvgIpc) is 2.83. The van der Waals surface area contributed by atoms with E-state index in [0.717, 1.165) is 22.2 Å². The summed E-state index contributed by atoms with van der Waals surface area (Å²) in [5.74, 6) is -0.0121. The number of aryl methyl sites for hydroxylation is 1. The Kier molecular flexibility index (Phi) is 4.39. The molecule has 1 amide bonds. The van der Waals surface area contributed by atoms with Crippen molar-refractivity contribution in [1.29, 1.82) is 0 Å². The third-order valence-electron chi connectivity index (χ3n) is 4.05. The van der Waals surface area contributed by atoms with Crippen LogP contribution in [0.5, 0.6) is 0 Å². The molecule has 0 aliphatic heterocycles. The van der Waals surface area contributed by atoms with Crippen molar-refractivity contribution in [2.75, 3.05) is 0 Å². The molecule has 0 unspecified atom stereocenters. The topological polar surface area (TPSA) is 34.0 Å². The molecule has 4 heteroatoms. The molecule has 23 heavy (non-hydrogen) atoms. The van der Waals surface area contributed by atoms with Gasteiger partial charge in [-0.2, -0.15) is 0 Å². The van der Waals surface area contributed by atoms with Crippen LogP contribution >= 0.6 is 11.6 Å². The summed E-state index contributed by atoms with van der Waals surface area (Å²) in [7, 11) is 0. The molecule has 1 aromatic heterocycles. The monoisotopic (exact) mass is 326 g/mol. The minimum atomic E-state index is -0.0802. The molecular formula is C19H19ClN2O. The van der Waals surface area contributed by atoms with Gasteiger partial charge in [-0.3, -0.25) is 4.79 Å². The number of benzene rings is 2. The van der Waals surface area contributed by atoms with E-state index in [1.165, 1.54) is 0 Å². The van der Waals surface area contributed by atoms with E-state index in [-0.39, 0.29) is 11.9 Å². The van der Waals surface area contributed by atoms with Crippen LogP contribution in [0.2, 0.25) is 5.02 Å². The van der Waals surface area contributed by atoms with Crippen molar-refractivity contribution in [2.24, 2.45) is 0 Å². The lowest BCUT2D eigenvalue weighted by molar-refractivity contribution is -0.122. The van der Waals surface area contributed by atoms with Crippen molar-refractivity contribution in [3.05, 3.63) is 70.9 Å². The van der Waals surface area contributed by atoms with Gasteiger partial charge in [-0.25, -0.2) is 0 Å². The quantitative estimate of drug-likeness (QED) is 0.753. The average molecular weight is 327 g/mol. The number of carbonyl (C=O) groups excluding carboxylic acids is 1. The number of para-hydroxylation sites is 1. The summed E-state index contributed by atoms with van der Waals surface area (Å²) >= 11 is 6.01. The molecule has 0 spiro atoms. The van der Waals surface area contributed by atoms with Gasteiger partial charge in [0.25, 0.3) is 0 Å². The van der Waals surface area contributed by atoms with Gasteiger partial charge >= 0.3 is 0 Å². The smallest absolute Gasteiger partial charge is 0.240 e. The van der Waals surface area contributed by atoms with E-state index in [4.69, 9.17) is 11.6 Å². The lowest BCUT2D eigenvalue weighted by Crippen LogP contribution is -2.30. The van der Waals surface area contributed by atoms with Gasteiger partial charge in [0.1, 0.15) is 6.54 Å². The predicted octanol–water partition coefficient (Wildman–Crippen LogP) is 4.48. The van der Waals surface area contributed by atoms with Crippen LogP contribution < -0.4 is 5.32 Å². The van der Waals surface area contributed by atoms with Crippen LogP contribution in [-0.2, 0) is 11.3 Å². The second-order valence-corrected chi connectivity index (χ2v) is 6.21. The number of halogens is 1. The Hall–Kier alpha value is -2.26. The van der Waals surface area contributed by atoms with Crippen LogP contribution in [0.15, 0.2) is 54.6 Å². The Balaban J connectivity index is 1.75. The fourth-order valence-electron chi connectivity index (χ4n) is 2.85. The maximum absolute atomic E-state index is 12.4. The van der Waals surface area contributed by atoms with Crippen molar-refractivity contribution < 1.29 is 4.79 Å². The van der Waals surface area contributed by atoms with Crippen LogP contribution in [0.3, 0.4) is 0 Å². The van der Waals surface area contributed by atoms with E-state index >= 15 is 0 Å². The summed E-state index contributed by atoms with van der Waals surface area (Å²) in [6.07, 6.45) is 0. The summed E-state index contributed by atoms with van der Waals surface area (Å²) in [6.45, 7) is 4.29. The minimum absolute atomic E-state index is 0.0121. The first-order chi connectivity index (χ1) is 11.0. The van der Waals surface area contributed by atoms with Crippen LogP contribution in [-0.4, -0.2) is 10.5 Å². The normalized spacial score (nSPS) is 12.3. The van der Waals surface area contributed by atoms with Gasteiger partial charge in [0.05, 0.1) is 6.04 Å². The highest BCUT2D eigenvalue weighted by Gasteiger charge is 2.13. The first-order valence-electron chi connectivity index (χ1n) is 7.64. The lowest BCUT2D eigenvalue weighted by Gasteiger charge is -2.16. The van der Waals surface area contributed by atoms with E-state index in [1.54, 1.807) is 0 Å². The SMILES string of the molecule is Cc1cc2ccccc2n1CC(=O)N[C@H](C)c1cccc(Cl)c1. The van der Waals surface area contributed by atoms with Crippen LogP contribution in [0.4, 0.5) is 0 Å². The first-order valence-corrected chi connectivity index (χ1v) is 8.02. The number of hydrogen-bond donors (Lipinski definition) is 1. The molecule has 0 bridgehead atoms. The zero-order valence-corrected chi connectivity index (χ0v) is 14.0. The highest BCUT2D eigenvalue weighted by molar-refractivity contribution is 6.30. The summed E-state index contributed by atoms with van der Waals surface area (Å²) in [5.41, 5.74) is 3.16. The molecule has 1 heterocycles. The number of fused-ring (bicyclic) bond motifs is 1. The second kappa shape index (κ2) is 6.47. The molecule has 1 atom stereocenters. The largest absolute Gasteiger partial charge is 0.348 e. The summed E-state index contributed by atoms with van der Waals surface area (Å²) in [6, 6.07) is 17.7. The van der Waals surface area contributed by atoms with Gasteiger partial charge in [0.2, 0.25) is 5.91 Å². The van der Waals surface area contributed by atoms with Gasteiger partial charge in [-0.1, -0.05) is 41.9 Å². The fourth-order valence-corrected chi connectivity index (χ4v) is 3.05. The van der Waals surface area contributed by atoms with Crippen molar-refractivity contribution in [1.82, 2.24) is 9.88 Å². The Bertz CT molecular complexity index is 853. The molecule has 0 aliphatic carbocycles. The maximum atomic E-state index is 12.4. The number of nitrogens with one attached hydrogen (secondary N) is 1. The molecule has 1 N–H and O–H groups in total. The van der Waals surface area contributed by atoms with Gasteiger partial charge < -0.3 is 9.88 Å². The van der Waals surface area contributed by atoms with Gasteiger partial charge in [-0.15, -0.1) is 0 Å². The van der Waals surface area contributed by atoms with Crippen molar-refractivity contribution in [3.63, 3.8) is 0 Å². The van der Waals surface area contributed by atoms with Crippen LogP contribution in [0, 0.1) is 6.92 Å². The summed E-state index contributed by atoms with van der Waals surface area (Å²) < 4.78 is 2.04. The number of nitrogens with zero attached hydrogens (tertiary/aromatic N) is 1. The molecule has 118 valence electrons. The molecule has 0 fully saturated rings. The molecular weight excluding hydrogens is 308 g/mol. The third-order valence-corrected chi connectivity index (χ3v) is 4.28. The molecule has 0 saturated carbocycles. The summed E-state index contributed by atoms with van der Waals surface area (Å²) in [5, 5.41) is 4.87. The number of aromatic nitrogens is 1. The fraction of sp³-hybridized carbons (Fsp3) is 0.211. The Labute approximate surface area is 140 Å². The van der Waals surface area contributed by atoms with E-state index < -0.39 is 0 Å². The highest BCUT2D eigenvalue weighted by atomic mass is 35.5. The van der Waals surface area contributed by atoms with E-state index in [2.05, 4.69) is 17.4 Å². The van der Waals surface area contributed by atoms with Crippen LogP contribution in [0.1, 0.15) is 24.2 Å². The zero-order valence-electron chi connectivity index (χ0n) is 13.2. The maximum Gasteiger partial charge on any atom is 0.240 e. The molecule has 0 saturated heterocycles. The number of rotatable bonds is 4. The molecule has 3 rings (SSSR count). The predicted molar refractivity (Wildman–Crippen MR) is 94.7 cm³/mol. The molecule has 2 aromatic carbocycles. The molecule has 3 aromatic rings. The van der Waals surface area contributed by atoms with Crippen molar-refractivity contribution >= 4 is 28.4 Å². The number of hydrogen-bond acceptors (Lipinski definition) is 1. The van der Waals surface area contributed by atoms with Gasteiger partial charge in [-0.05, 0) is 49.1 Å². The first kappa shape index (κ1) is 15.6. The Morgan fingerprint density at radius 3 is 2.74 bits per heavy atom. The zero-order chi connectivity index (χ0) is 16.4. The Morgan fingerprint density at radius 1 is 1.17 bits per heavy atom. The summed E-state index contributed by atoms with van der Waals surface area (Å²) in [4.78, 5) is 12.4. The van der Waals surface area contributed by atoms with E-state index in [9.17, 15) is 4.79 Å². The highest BCUT2D eigenvalue weighted by Crippen LogP contribution is 2.20. The third kappa shape index (κ3) is 3.40. The van der Waals surface area contributed by atoms with Gasteiger partial charge in [0, 0.05) is 16.2 Å². The molecule has 0 radical (unpaired) electrons. The van der Waals surface area contributed by atoms with Crippen molar-refractivity contribution in [2.45, 2.75) is 26.4 Å². The Morgan fingerprint density at radius 2 is 1.96 bits per heavy atom. The molecule has 0 aliphatic rings. The number of carbonyl (C=O) groups is 1. The van der Waals surface area contributed by atoms with E-state index in [0.29, 0.717) is 11.6 Å². The standard InChI is InChI=1S/C19H19ClN2O/c1-13-10-16-6-3-4-9-18(16)22(13)12-19(23)21-14(2)15-7-5-8-17(20)11-15/h3-11,14H,12H2,1-2H3,(H,21,23)/t14-/m1/s1. The second-order valence-electron chi connectivity index (χ2n) is 5.77. The number of amides is 1. The minimum Gasteiger partial charge on any atom is -0.348 e. The van der Waals surface area contributed by atoms with Gasteiger partial charge in [0.15, 0.2) is 0 Å². The van der Waals surface area contributed by atoms with Crippen LogP contribution in [0.25, 0.3) is 10.9 Å². The van der Waals surface area contributed by atoms with Crippen molar-refractivity contribution in [3.8, 4) is 0 Å². The molecule has 3 nitrogen and oxygen atoms in total. The lowest BCUT2D eigenvalue weighted by atomic mass is 10.1. The van der Waals surface area contributed by atoms with E-state index in [1.807, 2.05) is 60.9 Å².